The third kappa shape index (κ3) is 3.53. The van der Waals surface area contributed by atoms with Gasteiger partial charge in [0.15, 0.2) is 0 Å². The minimum atomic E-state index is -3.58. The van der Waals surface area contributed by atoms with E-state index < -0.39 is 10.0 Å². The van der Waals surface area contributed by atoms with Gasteiger partial charge in [0.2, 0.25) is 10.0 Å². The molecule has 0 unspecified atom stereocenters. The van der Waals surface area contributed by atoms with E-state index in [1.54, 1.807) is 30.6 Å². The van der Waals surface area contributed by atoms with Gasteiger partial charge in [-0.05, 0) is 36.2 Å². The summed E-state index contributed by atoms with van der Waals surface area (Å²) in [7, 11) is -3.58. The largest absolute Gasteiger partial charge is 0.323 e. The molecule has 2 rings (SSSR count). The molecule has 0 aliphatic heterocycles. The Morgan fingerprint density at radius 3 is 2.50 bits per heavy atom. The Morgan fingerprint density at radius 2 is 1.80 bits per heavy atom. The van der Waals surface area contributed by atoms with Crippen molar-refractivity contribution in [1.82, 2.24) is 9.71 Å². The highest BCUT2D eigenvalue weighted by molar-refractivity contribution is 7.89. The second-order valence-corrected chi connectivity index (χ2v) is 5.88. The van der Waals surface area contributed by atoms with E-state index in [1.807, 2.05) is 12.1 Å². The molecule has 20 heavy (non-hydrogen) atoms. The lowest BCUT2D eigenvalue weighted by Gasteiger charge is -2.10. The van der Waals surface area contributed by atoms with Gasteiger partial charge in [0.1, 0.15) is 4.90 Å². The number of rotatable bonds is 6. The van der Waals surface area contributed by atoms with E-state index in [1.165, 1.54) is 6.07 Å². The van der Waals surface area contributed by atoms with Gasteiger partial charge in [-0.25, -0.2) is 13.1 Å². The van der Waals surface area contributed by atoms with Crippen molar-refractivity contribution in [3.8, 4) is 0 Å². The second kappa shape index (κ2) is 6.47. The molecule has 7 heteroatoms. The molecule has 1 aromatic carbocycles. The summed E-state index contributed by atoms with van der Waals surface area (Å²) in [5, 5.41) is 0. The van der Waals surface area contributed by atoms with Crippen molar-refractivity contribution in [2.24, 2.45) is 5.84 Å². The molecular weight excluding hydrogens is 276 g/mol. The monoisotopic (exact) mass is 292 g/mol. The van der Waals surface area contributed by atoms with E-state index in [9.17, 15) is 8.42 Å². The van der Waals surface area contributed by atoms with Crippen LogP contribution in [0.2, 0.25) is 0 Å². The van der Waals surface area contributed by atoms with Gasteiger partial charge in [0.25, 0.3) is 0 Å². The normalized spacial score (nSPS) is 11.2. The number of sulfonamides is 1. The maximum absolute atomic E-state index is 12.2. The Balaban J connectivity index is 2.04. The average Bonchev–Trinajstić information content (AvgIpc) is 2.48. The molecule has 1 heterocycles. The van der Waals surface area contributed by atoms with E-state index in [0.29, 0.717) is 18.7 Å². The van der Waals surface area contributed by atoms with Crippen LogP contribution in [0.5, 0.6) is 0 Å². The number of hydrogen-bond donors (Lipinski definition) is 3. The molecular formula is C13H16N4O2S. The lowest BCUT2D eigenvalue weighted by atomic mass is 10.2. The SMILES string of the molecule is NNc1ccccc1S(=O)(=O)NCCc1ccncc1. The summed E-state index contributed by atoms with van der Waals surface area (Å²) in [5.74, 6) is 5.32. The molecule has 0 radical (unpaired) electrons. The number of nitrogens with one attached hydrogen (secondary N) is 2. The quantitative estimate of drug-likeness (QED) is 0.542. The van der Waals surface area contributed by atoms with Crippen LogP contribution in [0, 0.1) is 0 Å². The van der Waals surface area contributed by atoms with Gasteiger partial charge in [-0.1, -0.05) is 12.1 Å². The number of anilines is 1. The first-order valence-corrected chi connectivity index (χ1v) is 7.56. The minimum absolute atomic E-state index is 0.136. The van der Waals surface area contributed by atoms with E-state index in [4.69, 9.17) is 5.84 Å². The van der Waals surface area contributed by atoms with Crippen LogP contribution in [0.25, 0.3) is 0 Å². The predicted octanol–water partition coefficient (Wildman–Crippen LogP) is 0.888. The molecule has 6 nitrogen and oxygen atoms in total. The van der Waals surface area contributed by atoms with E-state index in [-0.39, 0.29) is 4.90 Å². The molecule has 0 saturated heterocycles. The molecule has 0 atom stereocenters. The van der Waals surface area contributed by atoms with E-state index in [2.05, 4.69) is 15.1 Å². The zero-order valence-corrected chi connectivity index (χ0v) is 11.6. The van der Waals surface area contributed by atoms with Crippen molar-refractivity contribution >= 4 is 15.7 Å². The van der Waals surface area contributed by atoms with Crippen LogP contribution in [0.1, 0.15) is 5.56 Å². The van der Waals surface area contributed by atoms with Crippen molar-refractivity contribution in [2.75, 3.05) is 12.0 Å². The van der Waals surface area contributed by atoms with Gasteiger partial charge >= 0.3 is 0 Å². The number of para-hydroxylation sites is 1. The zero-order chi connectivity index (χ0) is 14.4. The van der Waals surface area contributed by atoms with Crippen molar-refractivity contribution in [1.29, 1.82) is 0 Å². The Kier molecular flexibility index (Phi) is 4.67. The topological polar surface area (TPSA) is 97.1 Å². The third-order valence-electron chi connectivity index (χ3n) is 2.79. The van der Waals surface area contributed by atoms with Crippen molar-refractivity contribution in [3.05, 3.63) is 54.4 Å². The van der Waals surface area contributed by atoms with Crippen LogP contribution in [0.3, 0.4) is 0 Å². The number of nitrogens with zero attached hydrogens (tertiary/aromatic N) is 1. The first-order chi connectivity index (χ1) is 9.63. The van der Waals surface area contributed by atoms with Crippen LogP contribution in [-0.4, -0.2) is 19.9 Å². The molecule has 0 saturated carbocycles. The molecule has 0 spiro atoms. The fraction of sp³-hybridized carbons (Fsp3) is 0.154. The summed E-state index contributed by atoms with van der Waals surface area (Å²) in [6.07, 6.45) is 3.95. The van der Waals surface area contributed by atoms with Crippen LogP contribution in [-0.2, 0) is 16.4 Å². The predicted molar refractivity (Wildman–Crippen MR) is 77.4 cm³/mol. The van der Waals surface area contributed by atoms with Gasteiger partial charge in [-0.15, -0.1) is 0 Å². The second-order valence-electron chi connectivity index (χ2n) is 4.14. The zero-order valence-electron chi connectivity index (χ0n) is 10.8. The number of benzene rings is 1. The minimum Gasteiger partial charge on any atom is -0.323 e. The van der Waals surface area contributed by atoms with Crippen molar-refractivity contribution in [3.63, 3.8) is 0 Å². The molecule has 106 valence electrons. The fourth-order valence-electron chi connectivity index (χ4n) is 1.78. The van der Waals surface area contributed by atoms with Gasteiger partial charge in [-0.3, -0.25) is 10.8 Å². The highest BCUT2D eigenvalue weighted by atomic mass is 32.2. The lowest BCUT2D eigenvalue weighted by molar-refractivity contribution is 0.582. The maximum atomic E-state index is 12.2. The van der Waals surface area contributed by atoms with Gasteiger partial charge in [-0.2, -0.15) is 0 Å². The maximum Gasteiger partial charge on any atom is 0.242 e. The molecule has 0 bridgehead atoms. The van der Waals surface area contributed by atoms with Crippen LogP contribution in [0.4, 0.5) is 5.69 Å². The van der Waals surface area contributed by atoms with Crippen LogP contribution < -0.4 is 16.0 Å². The number of hydrazine groups is 1. The molecule has 0 fully saturated rings. The number of nitrogen functional groups attached to an aromatic ring is 1. The molecule has 2 aromatic rings. The smallest absolute Gasteiger partial charge is 0.242 e. The van der Waals surface area contributed by atoms with Crippen molar-refractivity contribution in [2.45, 2.75) is 11.3 Å². The number of pyridine rings is 1. The summed E-state index contributed by atoms with van der Waals surface area (Å²) >= 11 is 0. The molecule has 4 N–H and O–H groups in total. The Morgan fingerprint density at radius 1 is 1.10 bits per heavy atom. The van der Waals surface area contributed by atoms with E-state index >= 15 is 0 Å². The summed E-state index contributed by atoms with van der Waals surface area (Å²) < 4.78 is 26.9. The first kappa shape index (κ1) is 14.4. The van der Waals surface area contributed by atoms with Crippen LogP contribution >= 0.6 is 0 Å². The van der Waals surface area contributed by atoms with Crippen LogP contribution in [0.15, 0.2) is 53.7 Å². The Labute approximate surface area is 118 Å². The molecule has 0 amide bonds. The van der Waals surface area contributed by atoms with E-state index in [0.717, 1.165) is 5.56 Å². The molecule has 0 aliphatic rings. The number of hydrogen-bond acceptors (Lipinski definition) is 5. The standard InChI is InChI=1S/C13H16N4O2S/c14-17-12-3-1-2-4-13(12)20(18,19)16-10-7-11-5-8-15-9-6-11/h1-6,8-9,16-17H,7,10,14H2. The first-order valence-electron chi connectivity index (χ1n) is 6.08. The lowest BCUT2D eigenvalue weighted by Crippen LogP contribution is -2.27. The molecule has 1 aromatic heterocycles. The average molecular weight is 292 g/mol. The summed E-state index contributed by atoms with van der Waals surface area (Å²) in [5.41, 5.74) is 3.77. The molecule has 0 aliphatic carbocycles. The summed E-state index contributed by atoms with van der Waals surface area (Å²) in [4.78, 5) is 4.05. The third-order valence-corrected chi connectivity index (χ3v) is 4.31. The Hall–Kier alpha value is -1.96. The fourth-order valence-corrected chi connectivity index (χ4v) is 2.98. The summed E-state index contributed by atoms with van der Waals surface area (Å²) in [6, 6.07) is 10.2. The van der Waals surface area contributed by atoms with Gasteiger partial charge in [0, 0.05) is 18.9 Å². The number of aromatic nitrogens is 1. The van der Waals surface area contributed by atoms with Gasteiger partial charge < -0.3 is 5.43 Å². The van der Waals surface area contributed by atoms with Gasteiger partial charge in [0.05, 0.1) is 5.69 Å². The number of nitrogens with two attached hydrogens (primary N) is 1. The highest BCUT2D eigenvalue weighted by Crippen LogP contribution is 2.19. The van der Waals surface area contributed by atoms with Crippen molar-refractivity contribution < 1.29 is 8.42 Å². The Bertz CT molecular complexity index is 659. The summed E-state index contributed by atoms with van der Waals surface area (Å²) in [6.45, 7) is 0.311. The highest BCUT2D eigenvalue weighted by Gasteiger charge is 2.16.